The van der Waals surface area contributed by atoms with Crippen LogP contribution in [0.25, 0.3) is 0 Å². The van der Waals surface area contributed by atoms with Gasteiger partial charge < -0.3 is 5.32 Å². The topological polar surface area (TPSA) is 69.7 Å². The van der Waals surface area contributed by atoms with Gasteiger partial charge in [-0.15, -0.1) is 11.6 Å². The fourth-order valence-corrected chi connectivity index (χ4v) is 3.44. The lowest BCUT2D eigenvalue weighted by atomic mass is 10.2. The van der Waals surface area contributed by atoms with Gasteiger partial charge in [0.25, 0.3) is 0 Å². The second kappa shape index (κ2) is 5.26. The van der Waals surface area contributed by atoms with Crippen LogP contribution in [-0.4, -0.2) is 40.3 Å². The van der Waals surface area contributed by atoms with E-state index in [1.54, 1.807) is 24.3 Å². The number of fused-ring (bicyclic) bond motifs is 1. The molecule has 0 unspecified atom stereocenters. The van der Waals surface area contributed by atoms with Crippen molar-refractivity contribution in [2.45, 2.75) is 0 Å². The quantitative estimate of drug-likeness (QED) is 0.826. The van der Waals surface area contributed by atoms with Crippen molar-refractivity contribution in [3.63, 3.8) is 0 Å². The summed E-state index contributed by atoms with van der Waals surface area (Å²) in [5.41, 5.74) is 1.25. The smallest absolute Gasteiger partial charge is 0.326 e. The first-order valence-electron chi connectivity index (χ1n) is 5.66. The number of halogens is 1. The maximum Gasteiger partial charge on any atom is 0.326 e. The second-order valence-corrected chi connectivity index (χ2v) is 6.17. The summed E-state index contributed by atoms with van der Waals surface area (Å²) in [4.78, 5) is 11.0. The van der Waals surface area contributed by atoms with Gasteiger partial charge in [0.1, 0.15) is 5.88 Å². The number of amides is 1. The molecule has 0 aliphatic carbocycles. The van der Waals surface area contributed by atoms with Crippen molar-refractivity contribution in [3.05, 3.63) is 24.3 Å². The fraction of sp³-hybridized carbons (Fsp3) is 0.364. The molecule has 1 N–H and O–H groups in total. The van der Waals surface area contributed by atoms with E-state index >= 15 is 0 Å². The summed E-state index contributed by atoms with van der Waals surface area (Å²) >= 11 is 5.36. The van der Waals surface area contributed by atoms with E-state index in [1.165, 1.54) is 15.7 Å². The molecule has 6 nitrogen and oxygen atoms in total. The summed E-state index contributed by atoms with van der Waals surface area (Å²) in [7, 11) is -2.04. The molecule has 0 saturated carbocycles. The van der Waals surface area contributed by atoms with Gasteiger partial charge in [0.2, 0.25) is 5.91 Å². The van der Waals surface area contributed by atoms with Crippen LogP contribution in [0.5, 0.6) is 0 Å². The predicted octanol–water partition coefficient (Wildman–Crippen LogP) is 0.543. The molecule has 1 amide bonds. The lowest BCUT2D eigenvalue weighted by molar-refractivity contribution is -0.118. The van der Waals surface area contributed by atoms with Gasteiger partial charge in [-0.2, -0.15) is 8.42 Å². The zero-order chi connectivity index (χ0) is 14.0. The molecule has 1 heterocycles. The molecule has 0 radical (unpaired) electrons. The summed E-state index contributed by atoms with van der Waals surface area (Å²) < 4.78 is 26.9. The van der Waals surface area contributed by atoms with Crippen LogP contribution in [0.1, 0.15) is 0 Å². The van der Waals surface area contributed by atoms with Gasteiger partial charge in [0.15, 0.2) is 0 Å². The van der Waals surface area contributed by atoms with Crippen molar-refractivity contribution in [3.8, 4) is 0 Å². The molecule has 1 aliphatic heterocycles. The first-order valence-corrected chi connectivity index (χ1v) is 7.60. The highest BCUT2D eigenvalue weighted by atomic mass is 35.5. The Morgan fingerprint density at radius 3 is 2.58 bits per heavy atom. The Hall–Kier alpha value is -1.47. The molecular weight excluding hydrogens is 290 g/mol. The first kappa shape index (κ1) is 14.0. The van der Waals surface area contributed by atoms with Crippen LogP contribution in [0.2, 0.25) is 0 Å². The zero-order valence-corrected chi connectivity index (χ0v) is 11.9. The van der Waals surface area contributed by atoms with Crippen molar-refractivity contribution >= 4 is 39.1 Å². The number of nitrogens with one attached hydrogen (secondary N) is 1. The van der Waals surface area contributed by atoms with Gasteiger partial charge in [0, 0.05) is 13.6 Å². The van der Waals surface area contributed by atoms with Crippen LogP contribution in [0.4, 0.5) is 11.4 Å². The number of alkyl halides is 1. The SMILES string of the molecule is CN1c2ccccc2N(CCNC(=O)CCl)S1(=O)=O. The molecule has 19 heavy (non-hydrogen) atoms. The summed E-state index contributed by atoms with van der Waals surface area (Å²) in [6.07, 6.45) is 0. The number of benzene rings is 1. The van der Waals surface area contributed by atoms with Crippen LogP contribution >= 0.6 is 11.6 Å². The van der Waals surface area contributed by atoms with Gasteiger partial charge in [-0.3, -0.25) is 9.10 Å². The fourth-order valence-electron chi connectivity index (χ4n) is 1.92. The minimum atomic E-state index is -3.55. The normalized spacial score (nSPS) is 16.3. The lowest BCUT2D eigenvalue weighted by Gasteiger charge is -2.19. The predicted molar refractivity (Wildman–Crippen MR) is 74.8 cm³/mol. The van der Waals surface area contributed by atoms with E-state index in [2.05, 4.69) is 5.32 Å². The Morgan fingerprint density at radius 2 is 1.95 bits per heavy atom. The number of hydrogen-bond donors (Lipinski definition) is 1. The molecule has 2 rings (SSSR count). The van der Waals surface area contributed by atoms with Crippen LogP contribution in [0.15, 0.2) is 24.3 Å². The first-order chi connectivity index (χ1) is 8.98. The Balaban J connectivity index is 2.18. The van der Waals surface area contributed by atoms with E-state index in [-0.39, 0.29) is 24.9 Å². The minimum absolute atomic E-state index is 0.136. The monoisotopic (exact) mass is 303 g/mol. The summed E-state index contributed by atoms with van der Waals surface area (Å²) in [6, 6.07) is 7.03. The number of carbonyl (C=O) groups excluding carboxylic acids is 1. The van der Waals surface area contributed by atoms with Crippen molar-refractivity contribution in [2.24, 2.45) is 0 Å². The van der Waals surface area contributed by atoms with Crippen molar-refractivity contribution in [1.82, 2.24) is 5.32 Å². The van der Waals surface area contributed by atoms with E-state index in [4.69, 9.17) is 11.6 Å². The molecule has 8 heteroatoms. The standard InChI is InChI=1S/C11H14ClN3O3S/c1-14-9-4-2-3-5-10(9)15(19(14,17)18)7-6-13-11(16)8-12/h2-5H,6-8H2,1H3,(H,13,16). The highest BCUT2D eigenvalue weighted by Crippen LogP contribution is 2.38. The van der Waals surface area contributed by atoms with Gasteiger partial charge in [-0.05, 0) is 12.1 Å². The molecule has 0 aromatic heterocycles. The molecule has 0 saturated heterocycles. The molecule has 1 aliphatic rings. The maximum absolute atomic E-state index is 12.2. The van der Waals surface area contributed by atoms with Crippen LogP contribution in [0, 0.1) is 0 Å². The Labute approximate surface area is 117 Å². The third kappa shape index (κ3) is 2.48. The van der Waals surface area contributed by atoms with Gasteiger partial charge >= 0.3 is 10.2 Å². The number of carbonyl (C=O) groups is 1. The number of para-hydroxylation sites is 2. The van der Waals surface area contributed by atoms with Crippen LogP contribution in [-0.2, 0) is 15.0 Å². The lowest BCUT2D eigenvalue weighted by Crippen LogP contribution is -2.40. The van der Waals surface area contributed by atoms with Gasteiger partial charge in [-0.25, -0.2) is 4.31 Å². The van der Waals surface area contributed by atoms with Crippen molar-refractivity contribution in [2.75, 3.05) is 34.6 Å². The summed E-state index contributed by atoms with van der Waals surface area (Å²) in [5.74, 6) is -0.455. The number of rotatable bonds is 4. The highest BCUT2D eigenvalue weighted by molar-refractivity contribution is 7.94. The van der Waals surface area contributed by atoms with Crippen molar-refractivity contribution in [1.29, 1.82) is 0 Å². The molecule has 104 valence electrons. The van der Waals surface area contributed by atoms with E-state index < -0.39 is 10.2 Å². The van der Waals surface area contributed by atoms with E-state index in [0.29, 0.717) is 11.4 Å². The molecule has 0 bridgehead atoms. The molecule has 1 aromatic rings. The average molecular weight is 304 g/mol. The third-order valence-electron chi connectivity index (χ3n) is 2.87. The van der Waals surface area contributed by atoms with Crippen molar-refractivity contribution < 1.29 is 13.2 Å². The minimum Gasteiger partial charge on any atom is -0.353 e. The molecule has 0 atom stereocenters. The Kier molecular flexibility index (Phi) is 3.86. The van der Waals surface area contributed by atoms with Gasteiger partial charge in [-0.1, -0.05) is 12.1 Å². The number of anilines is 2. The van der Waals surface area contributed by atoms with E-state index in [1.807, 2.05) is 0 Å². The molecule has 0 spiro atoms. The summed E-state index contributed by atoms with van der Waals surface area (Å²) in [6.45, 7) is 0.388. The van der Waals surface area contributed by atoms with E-state index in [0.717, 1.165) is 0 Å². The average Bonchev–Trinajstić information content (AvgIpc) is 2.60. The zero-order valence-electron chi connectivity index (χ0n) is 10.3. The molecule has 1 aromatic carbocycles. The Bertz CT molecular complexity index is 591. The largest absolute Gasteiger partial charge is 0.353 e. The van der Waals surface area contributed by atoms with Crippen LogP contribution < -0.4 is 13.9 Å². The number of hydrogen-bond acceptors (Lipinski definition) is 3. The summed E-state index contributed by atoms with van der Waals surface area (Å²) in [5, 5.41) is 2.55. The molecular formula is C11H14ClN3O3S. The molecule has 0 fully saturated rings. The van der Waals surface area contributed by atoms with Gasteiger partial charge in [0.05, 0.1) is 17.9 Å². The second-order valence-electron chi connectivity index (χ2n) is 4.02. The Morgan fingerprint density at radius 1 is 1.32 bits per heavy atom. The highest BCUT2D eigenvalue weighted by Gasteiger charge is 2.37. The van der Waals surface area contributed by atoms with E-state index in [9.17, 15) is 13.2 Å². The third-order valence-corrected chi connectivity index (χ3v) is 4.94. The number of nitrogens with zero attached hydrogens (tertiary/aromatic N) is 2. The van der Waals surface area contributed by atoms with Crippen LogP contribution in [0.3, 0.4) is 0 Å². The maximum atomic E-state index is 12.2.